The molecule has 2 rings (SSSR count). The van der Waals surface area contributed by atoms with Gasteiger partial charge in [0.15, 0.2) is 0 Å². The summed E-state index contributed by atoms with van der Waals surface area (Å²) >= 11 is 0. The summed E-state index contributed by atoms with van der Waals surface area (Å²) in [6, 6.07) is 3.72. The molecule has 0 aromatic carbocycles. The molecule has 0 unspecified atom stereocenters. The molecule has 0 radical (unpaired) electrons. The van der Waals surface area contributed by atoms with E-state index in [1.807, 2.05) is 26.0 Å². The average Bonchev–Trinajstić information content (AvgIpc) is 2.31. The first-order valence-corrected chi connectivity index (χ1v) is 4.85. The van der Waals surface area contributed by atoms with Crippen molar-refractivity contribution in [2.75, 3.05) is 12.8 Å². The standard InChI is InChI=1S/C9H9N3O.C2H6/c1-13-7-4-6-2-3-11-9(10)8(6)12-5-7;1-2/h2-5H,1H3,(H2,10,11);1-2H3. The van der Waals surface area contributed by atoms with Crippen LogP contribution in [0, 0.1) is 0 Å². The quantitative estimate of drug-likeness (QED) is 0.775. The van der Waals surface area contributed by atoms with Gasteiger partial charge in [-0.3, -0.25) is 0 Å². The van der Waals surface area contributed by atoms with Crippen molar-refractivity contribution in [3.8, 4) is 5.75 Å². The molecule has 2 aromatic heterocycles. The first-order valence-electron chi connectivity index (χ1n) is 4.85. The Kier molecular flexibility index (Phi) is 3.85. The summed E-state index contributed by atoms with van der Waals surface area (Å²) in [5, 5.41) is 0.937. The van der Waals surface area contributed by atoms with Gasteiger partial charge in [0.2, 0.25) is 0 Å². The Hall–Kier alpha value is -1.84. The van der Waals surface area contributed by atoms with Crippen LogP contribution in [-0.4, -0.2) is 17.1 Å². The summed E-state index contributed by atoms with van der Waals surface area (Å²) in [4.78, 5) is 8.08. The number of aromatic nitrogens is 2. The maximum atomic E-state index is 5.63. The van der Waals surface area contributed by atoms with E-state index >= 15 is 0 Å². The maximum Gasteiger partial charge on any atom is 0.149 e. The summed E-state index contributed by atoms with van der Waals surface area (Å²) in [7, 11) is 1.60. The number of pyridine rings is 2. The lowest BCUT2D eigenvalue weighted by Crippen LogP contribution is -1.93. The molecule has 15 heavy (non-hydrogen) atoms. The van der Waals surface area contributed by atoms with Gasteiger partial charge in [-0.2, -0.15) is 0 Å². The van der Waals surface area contributed by atoms with Crippen molar-refractivity contribution in [1.82, 2.24) is 9.97 Å². The van der Waals surface area contributed by atoms with E-state index in [0.29, 0.717) is 11.3 Å². The zero-order valence-electron chi connectivity index (χ0n) is 9.19. The van der Waals surface area contributed by atoms with E-state index in [9.17, 15) is 0 Å². The molecule has 0 aliphatic heterocycles. The van der Waals surface area contributed by atoms with Crippen LogP contribution in [0.25, 0.3) is 10.9 Å². The SMILES string of the molecule is CC.COc1cnc2c(N)nccc2c1. The van der Waals surface area contributed by atoms with Crippen molar-refractivity contribution in [3.63, 3.8) is 0 Å². The van der Waals surface area contributed by atoms with Gasteiger partial charge in [0, 0.05) is 11.6 Å². The maximum absolute atomic E-state index is 5.63. The molecule has 2 heterocycles. The van der Waals surface area contributed by atoms with Crippen LogP contribution in [0.3, 0.4) is 0 Å². The van der Waals surface area contributed by atoms with Crippen molar-refractivity contribution in [3.05, 3.63) is 24.5 Å². The number of nitrogens with zero attached hydrogens (tertiary/aromatic N) is 2. The van der Waals surface area contributed by atoms with Gasteiger partial charge in [-0.25, -0.2) is 9.97 Å². The fraction of sp³-hybridized carbons (Fsp3) is 0.273. The van der Waals surface area contributed by atoms with Gasteiger partial charge in [0.05, 0.1) is 13.3 Å². The molecule has 0 saturated carbocycles. The summed E-state index contributed by atoms with van der Waals surface area (Å²) in [6.45, 7) is 4.00. The van der Waals surface area contributed by atoms with Crippen LogP contribution in [0.15, 0.2) is 24.5 Å². The molecular formula is C11H15N3O. The van der Waals surface area contributed by atoms with Crippen LogP contribution in [0.5, 0.6) is 5.75 Å². The molecule has 2 N–H and O–H groups in total. The van der Waals surface area contributed by atoms with Gasteiger partial charge < -0.3 is 10.5 Å². The third-order valence-electron chi connectivity index (χ3n) is 1.84. The van der Waals surface area contributed by atoms with E-state index < -0.39 is 0 Å². The molecule has 0 saturated heterocycles. The second kappa shape index (κ2) is 5.14. The van der Waals surface area contributed by atoms with Crippen molar-refractivity contribution in [1.29, 1.82) is 0 Å². The number of rotatable bonds is 1. The highest BCUT2D eigenvalue weighted by molar-refractivity contribution is 5.87. The van der Waals surface area contributed by atoms with E-state index in [1.165, 1.54) is 0 Å². The van der Waals surface area contributed by atoms with E-state index in [2.05, 4.69) is 9.97 Å². The Morgan fingerprint density at radius 3 is 2.67 bits per heavy atom. The molecular weight excluding hydrogens is 190 g/mol. The Bertz CT molecular complexity index is 443. The normalized spacial score (nSPS) is 9.27. The Labute approximate surface area is 89.1 Å². The third-order valence-corrected chi connectivity index (χ3v) is 1.84. The number of nitrogen functional groups attached to an aromatic ring is 1. The predicted octanol–water partition coefficient (Wildman–Crippen LogP) is 2.25. The first kappa shape index (κ1) is 11.2. The smallest absolute Gasteiger partial charge is 0.149 e. The molecule has 80 valence electrons. The highest BCUT2D eigenvalue weighted by Crippen LogP contribution is 2.20. The Morgan fingerprint density at radius 1 is 1.27 bits per heavy atom. The van der Waals surface area contributed by atoms with Crippen LogP contribution < -0.4 is 10.5 Å². The van der Waals surface area contributed by atoms with E-state index in [-0.39, 0.29) is 0 Å². The number of ether oxygens (including phenoxy) is 1. The number of nitrogens with two attached hydrogens (primary N) is 1. The number of hydrogen-bond acceptors (Lipinski definition) is 4. The summed E-state index contributed by atoms with van der Waals surface area (Å²) in [6.07, 6.45) is 3.28. The Balaban J connectivity index is 0.000000531. The summed E-state index contributed by atoms with van der Waals surface area (Å²) in [5.74, 6) is 1.17. The highest BCUT2D eigenvalue weighted by atomic mass is 16.5. The zero-order valence-corrected chi connectivity index (χ0v) is 9.19. The fourth-order valence-electron chi connectivity index (χ4n) is 1.17. The molecule has 0 aliphatic rings. The molecule has 0 amide bonds. The lowest BCUT2D eigenvalue weighted by atomic mass is 10.2. The van der Waals surface area contributed by atoms with E-state index in [4.69, 9.17) is 10.5 Å². The van der Waals surface area contributed by atoms with Crippen molar-refractivity contribution < 1.29 is 4.74 Å². The highest BCUT2D eigenvalue weighted by Gasteiger charge is 2.00. The molecule has 0 aliphatic carbocycles. The predicted molar refractivity (Wildman–Crippen MR) is 61.9 cm³/mol. The molecule has 4 nitrogen and oxygen atoms in total. The number of anilines is 1. The van der Waals surface area contributed by atoms with Crippen LogP contribution in [0.1, 0.15) is 13.8 Å². The largest absolute Gasteiger partial charge is 0.495 e. The minimum Gasteiger partial charge on any atom is -0.495 e. The average molecular weight is 205 g/mol. The van der Waals surface area contributed by atoms with Crippen molar-refractivity contribution in [2.24, 2.45) is 0 Å². The van der Waals surface area contributed by atoms with Crippen LogP contribution >= 0.6 is 0 Å². The lowest BCUT2D eigenvalue weighted by Gasteiger charge is -2.02. The second-order valence-corrected chi connectivity index (χ2v) is 2.64. The topological polar surface area (TPSA) is 61.0 Å². The fourth-order valence-corrected chi connectivity index (χ4v) is 1.17. The minimum absolute atomic E-state index is 0.445. The molecule has 4 heteroatoms. The van der Waals surface area contributed by atoms with E-state index in [0.717, 1.165) is 11.1 Å². The second-order valence-electron chi connectivity index (χ2n) is 2.64. The van der Waals surface area contributed by atoms with Crippen molar-refractivity contribution >= 4 is 16.7 Å². The third kappa shape index (κ3) is 2.34. The van der Waals surface area contributed by atoms with E-state index in [1.54, 1.807) is 19.5 Å². The molecule has 0 atom stereocenters. The monoisotopic (exact) mass is 205 g/mol. The molecule has 2 aromatic rings. The van der Waals surface area contributed by atoms with Crippen LogP contribution in [0.2, 0.25) is 0 Å². The van der Waals surface area contributed by atoms with Crippen LogP contribution in [0.4, 0.5) is 5.82 Å². The minimum atomic E-state index is 0.445. The molecule has 0 spiro atoms. The number of methoxy groups -OCH3 is 1. The first-order chi connectivity index (χ1) is 7.31. The van der Waals surface area contributed by atoms with Gasteiger partial charge in [-0.1, -0.05) is 13.8 Å². The van der Waals surface area contributed by atoms with Crippen molar-refractivity contribution in [2.45, 2.75) is 13.8 Å². The van der Waals surface area contributed by atoms with Gasteiger partial charge >= 0.3 is 0 Å². The van der Waals surface area contributed by atoms with Crippen LogP contribution in [-0.2, 0) is 0 Å². The zero-order chi connectivity index (χ0) is 11.3. The lowest BCUT2D eigenvalue weighted by molar-refractivity contribution is 0.414. The van der Waals surface area contributed by atoms with Gasteiger partial charge in [0.1, 0.15) is 17.1 Å². The number of hydrogen-bond donors (Lipinski definition) is 1. The van der Waals surface area contributed by atoms with Gasteiger partial charge in [-0.05, 0) is 12.1 Å². The van der Waals surface area contributed by atoms with Gasteiger partial charge in [-0.15, -0.1) is 0 Å². The summed E-state index contributed by atoms with van der Waals surface area (Å²) in [5.41, 5.74) is 6.34. The van der Waals surface area contributed by atoms with Gasteiger partial charge in [0.25, 0.3) is 0 Å². The molecule has 0 fully saturated rings. The molecule has 0 bridgehead atoms. The summed E-state index contributed by atoms with van der Waals surface area (Å²) < 4.78 is 5.04. The number of fused-ring (bicyclic) bond motifs is 1. The Morgan fingerprint density at radius 2 is 2.00 bits per heavy atom.